The number of hydrogen-bond donors (Lipinski definition) is 3. The molecule has 0 heterocycles. The lowest BCUT2D eigenvalue weighted by Crippen LogP contribution is -2.20. The summed E-state index contributed by atoms with van der Waals surface area (Å²) in [5.74, 6) is 0. The molecule has 1 radical (unpaired) electrons. The standard InChI is InChI=1S/C4H10NO2/c1-2-5-3-4(6)7/h5-7H,2-3H2,1H3. The molecule has 0 aliphatic heterocycles. The highest BCUT2D eigenvalue weighted by atomic mass is 16.5. The minimum atomic E-state index is -0.554. The predicted molar refractivity (Wildman–Crippen MR) is 25.7 cm³/mol. The van der Waals surface area contributed by atoms with Crippen LogP contribution in [-0.4, -0.2) is 23.3 Å². The van der Waals surface area contributed by atoms with Gasteiger partial charge in [0, 0.05) is 0 Å². The highest BCUT2D eigenvalue weighted by Crippen LogP contribution is 1.77. The van der Waals surface area contributed by atoms with E-state index >= 15 is 0 Å². The van der Waals surface area contributed by atoms with Crippen LogP contribution >= 0.6 is 0 Å². The molecule has 3 N–H and O–H groups in total. The summed E-state index contributed by atoms with van der Waals surface area (Å²) in [7, 11) is 0. The van der Waals surface area contributed by atoms with Gasteiger partial charge in [0.05, 0.1) is 6.54 Å². The third-order valence-corrected chi connectivity index (χ3v) is 0.533. The Labute approximate surface area is 43.0 Å². The lowest BCUT2D eigenvalue weighted by Gasteiger charge is -1.98. The van der Waals surface area contributed by atoms with Gasteiger partial charge < -0.3 is 15.5 Å². The molecule has 0 aliphatic rings. The molecule has 0 aromatic heterocycles. The summed E-state index contributed by atoms with van der Waals surface area (Å²) < 4.78 is 0. The summed E-state index contributed by atoms with van der Waals surface area (Å²) in [6, 6.07) is 0. The van der Waals surface area contributed by atoms with Gasteiger partial charge in [-0.05, 0) is 6.54 Å². The SMILES string of the molecule is CCNC[C](O)O. The quantitative estimate of drug-likeness (QED) is 0.466. The van der Waals surface area contributed by atoms with Crippen LogP contribution in [0.3, 0.4) is 0 Å². The van der Waals surface area contributed by atoms with Crippen molar-refractivity contribution >= 4 is 0 Å². The molecule has 0 saturated carbocycles. The zero-order chi connectivity index (χ0) is 5.70. The van der Waals surface area contributed by atoms with E-state index < -0.39 is 6.29 Å². The molecule has 0 rings (SSSR count). The van der Waals surface area contributed by atoms with Crippen molar-refractivity contribution in [1.82, 2.24) is 5.32 Å². The van der Waals surface area contributed by atoms with Crippen molar-refractivity contribution in [3.8, 4) is 0 Å². The molecule has 0 saturated heterocycles. The van der Waals surface area contributed by atoms with Crippen LogP contribution in [0.1, 0.15) is 6.92 Å². The van der Waals surface area contributed by atoms with E-state index in [1.807, 2.05) is 6.92 Å². The average molecular weight is 104 g/mol. The third-order valence-electron chi connectivity index (χ3n) is 0.533. The van der Waals surface area contributed by atoms with Crippen LogP contribution in [-0.2, 0) is 0 Å². The molecule has 0 amide bonds. The Morgan fingerprint density at radius 1 is 1.57 bits per heavy atom. The molecule has 0 aromatic carbocycles. The van der Waals surface area contributed by atoms with Gasteiger partial charge in [0.2, 0.25) is 6.29 Å². The average Bonchev–Trinajstić information content (AvgIpc) is 1.61. The van der Waals surface area contributed by atoms with Gasteiger partial charge in [-0.2, -0.15) is 0 Å². The maximum absolute atomic E-state index is 8.09. The summed E-state index contributed by atoms with van der Waals surface area (Å²) in [6.07, 6.45) is -0.554. The van der Waals surface area contributed by atoms with E-state index in [9.17, 15) is 0 Å². The summed E-state index contributed by atoms with van der Waals surface area (Å²) >= 11 is 0. The number of aliphatic hydroxyl groups is 2. The fraction of sp³-hybridized carbons (Fsp3) is 0.750. The molecule has 0 atom stereocenters. The number of rotatable bonds is 3. The number of aliphatic hydroxyl groups excluding tert-OH is 1. The van der Waals surface area contributed by atoms with Crippen molar-refractivity contribution in [2.45, 2.75) is 6.92 Å². The molecule has 0 unspecified atom stereocenters. The Hall–Kier alpha value is -0.120. The lowest BCUT2D eigenvalue weighted by atomic mass is 10.6. The van der Waals surface area contributed by atoms with E-state index in [1.54, 1.807) is 0 Å². The van der Waals surface area contributed by atoms with Crippen molar-refractivity contribution in [3.05, 3.63) is 6.29 Å². The van der Waals surface area contributed by atoms with E-state index in [1.165, 1.54) is 0 Å². The highest BCUT2D eigenvalue weighted by Gasteiger charge is 1.93. The zero-order valence-electron chi connectivity index (χ0n) is 4.31. The van der Waals surface area contributed by atoms with Crippen LogP contribution in [0.5, 0.6) is 0 Å². The Balaban J connectivity index is 2.68. The molecule has 3 heteroatoms. The highest BCUT2D eigenvalue weighted by molar-refractivity contribution is 4.59. The Morgan fingerprint density at radius 3 is 2.29 bits per heavy atom. The topological polar surface area (TPSA) is 52.5 Å². The fourth-order valence-electron chi connectivity index (χ4n) is 0.237. The second-order valence-corrected chi connectivity index (χ2v) is 1.20. The number of nitrogens with one attached hydrogen (secondary N) is 1. The van der Waals surface area contributed by atoms with Gasteiger partial charge in [-0.15, -0.1) is 0 Å². The van der Waals surface area contributed by atoms with Crippen LogP contribution in [0.4, 0.5) is 0 Å². The summed E-state index contributed by atoms with van der Waals surface area (Å²) in [5.41, 5.74) is 0. The fourth-order valence-corrected chi connectivity index (χ4v) is 0.237. The van der Waals surface area contributed by atoms with E-state index in [-0.39, 0.29) is 6.54 Å². The Morgan fingerprint density at radius 2 is 2.14 bits per heavy atom. The largest absolute Gasteiger partial charge is 0.360 e. The minimum Gasteiger partial charge on any atom is -0.360 e. The predicted octanol–water partition coefficient (Wildman–Crippen LogP) is -0.170. The van der Waals surface area contributed by atoms with Crippen LogP contribution < -0.4 is 5.32 Å². The smallest absolute Gasteiger partial charge is 0.232 e. The molecule has 3 nitrogen and oxygen atoms in total. The molecule has 0 aromatic rings. The first kappa shape index (κ1) is 6.88. The van der Waals surface area contributed by atoms with E-state index in [2.05, 4.69) is 5.32 Å². The first-order valence-electron chi connectivity index (χ1n) is 2.21. The summed E-state index contributed by atoms with van der Waals surface area (Å²) in [5, 5.41) is 18.9. The second kappa shape index (κ2) is 4.05. The van der Waals surface area contributed by atoms with Crippen molar-refractivity contribution in [2.24, 2.45) is 0 Å². The number of hydrogen-bond acceptors (Lipinski definition) is 3. The minimum absolute atomic E-state index is 0.177. The van der Waals surface area contributed by atoms with Crippen LogP contribution in [0, 0.1) is 6.29 Å². The Kier molecular flexibility index (Phi) is 3.98. The molecule has 43 valence electrons. The van der Waals surface area contributed by atoms with Crippen molar-refractivity contribution in [2.75, 3.05) is 13.1 Å². The van der Waals surface area contributed by atoms with Crippen LogP contribution in [0.25, 0.3) is 0 Å². The van der Waals surface area contributed by atoms with Gasteiger partial charge in [-0.25, -0.2) is 0 Å². The molecular weight excluding hydrogens is 94.0 g/mol. The monoisotopic (exact) mass is 104 g/mol. The van der Waals surface area contributed by atoms with Gasteiger partial charge in [0.25, 0.3) is 0 Å². The zero-order valence-corrected chi connectivity index (χ0v) is 4.31. The third kappa shape index (κ3) is 5.88. The molecule has 7 heavy (non-hydrogen) atoms. The van der Waals surface area contributed by atoms with Gasteiger partial charge in [-0.3, -0.25) is 0 Å². The molecule has 0 aliphatic carbocycles. The maximum Gasteiger partial charge on any atom is 0.232 e. The van der Waals surface area contributed by atoms with Crippen LogP contribution in [0.2, 0.25) is 0 Å². The van der Waals surface area contributed by atoms with Crippen molar-refractivity contribution in [3.63, 3.8) is 0 Å². The summed E-state index contributed by atoms with van der Waals surface area (Å²) in [4.78, 5) is 0. The molecule has 0 spiro atoms. The normalized spacial score (nSPS) is 10.3. The van der Waals surface area contributed by atoms with E-state index in [4.69, 9.17) is 10.2 Å². The lowest BCUT2D eigenvalue weighted by molar-refractivity contribution is 0.0792. The van der Waals surface area contributed by atoms with Gasteiger partial charge >= 0.3 is 0 Å². The van der Waals surface area contributed by atoms with Gasteiger partial charge in [0.1, 0.15) is 0 Å². The molecule has 0 bridgehead atoms. The van der Waals surface area contributed by atoms with E-state index in [0.717, 1.165) is 6.54 Å². The second-order valence-electron chi connectivity index (χ2n) is 1.20. The molecular formula is C4H10NO2. The van der Waals surface area contributed by atoms with E-state index in [0.29, 0.717) is 0 Å². The Bertz CT molecular complexity index is 38.7. The van der Waals surface area contributed by atoms with Gasteiger partial charge in [0.15, 0.2) is 0 Å². The van der Waals surface area contributed by atoms with Crippen molar-refractivity contribution < 1.29 is 10.2 Å². The van der Waals surface area contributed by atoms with Crippen molar-refractivity contribution in [1.29, 1.82) is 0 Å². The van der Waals surface area contributed by atoms with Crippen LogP contribution in [0.15, 0.2) is 0 Å². The first-order chi connectivity index (χ1) is 3.27. The molecule has 0 fully saturated rings. The number of likely N-dealkylation sites (N-methyl/N-ethyl adjacent to an activating group) is 1. The maximum atomic E-state index is 8.09. The van der Waals surface area contributed by atoms with Gasteiger partial charge in [-0.1, -0.05) is 6.92 Å². The summed E-state index contributed by atoms with van der Waals surface area (Å²) in [6.45, 7) is 2.82. The first-order valence-corrected chi connectivity index (χ1v) is 2.21.